The SMILES string of the molecule is CCc1cccc(NC(=O)COC(=O)c2cc(S(=O)(=O)N(C)c3ccccc3)ccc2Cl)c1. The molecule has 0 spiro atoms. The molecule has 0 aliphatic rings. The third-order valence-electron chi connectivity index (χ3n) is 4.89. The number of hydrogen-bond acceptors (Lipinski definition) is 5. The van der Waals surface area contributed by atoms with E-state index in [4.69, 9.17) is 16.3 Å². The van der Waals surface area contributed by atoms with Gasteiger partial charge in [0.2, 0.25) is 0 Å². The normalized spacial score (nSPS) is 11.0. The van der Waals surface area contributed by atoms with E-state index in [-0.39, 0.29) is 15.5 Å². The number of sulfonamides is 1. The Balaban J connectivity index is 1.72. The van der Waals surface area contributed by atoms with Crippen molar-refractivity contribution < 1.29 is 22.7 Å². The first-order valence-electron chi connectivity index (χ1n) is 10.1. The van der Waals surface area contributed by atoms with Gasteiger partial charge in [-0.05, 0) is 54.4 Å². The molecule has 3 aromatic carbocycles. The molecule has 0 saturated heterocycles. The van der Waals surface area contributed by atoms with Crippen molar-refractivity contribution >= 4 is 44.9 Å². The lowest BCUT2D eigenvalue weighted by Crippen LogP contribution is -2.27. The molecule has 0 fully saturated rings. The molecular formula is C24H23ClN2O5S. The van der Waals surface area contributed by atoms with Crippen LogP contribution in [-0.4, -0.2) is 33.9 Å². The molecule has 1 N–H and O–H groups in total. The Kier molecular flexibility index (Phi) is 7.73. The molecular weight excluding hydrogens is 464 g/mol. The fourth-order valence-corrected chi connectivity index (χ4v) is 4.45. The Morgan fingerprint density at radius 2 is 1.73 bits per heavy atom. The molecule has 0 aromatic heterocycles. The van der Waals surface area contributed by atoms with Gasteiger partial charge in [0.05, 0.1) is 21.2 Å². The van der Waals surface area contributed by atoms with Gasteiger partial charge in [-0.2, -0.15) is 0 Å². The number of rotatable bonds is 8. The monoisotopic (exact) mass is 486 g/mol. The second-order valence-corrected chi connectivity index (χ2v) is 9.50. The fourth-order valence-electron chi connectivity index (χ4n) is 3.03. The highest BCUT2D eigenvalue weighted by molar-refractivity contribution is 7.92. The molecule has 0 heterocycles. The summed E-state index contributed by atoms with van der Waals surface area (Å²) in [6.45, 7) is 1.45. The average Bonchev–Trinajstić information content (AvgIpc) is 2.82. The highest BCUT2D eigenvalue weighted by Gasteiger charge is 2.24. The summed E-state index contributed by atoms with van der Waals surface area (Å²) < 4.78 is 32.2. The highest BCUT2D eigenvalue weighted by Crippen LogP contribution is 2.26. The smallest absolute Gasteiger partial charge is 0.340 e. The van der Waals surface area contributed by atoms with Crippen LogP contribution in [-0.2, 0) is 26.0 Å². The van der Waals surface area contributed by atoms with Gasteiger partial charge in [0.15, 0.2) is 6.61 Å². The largest absolute Gasteiger partial charge is 0.452 e. The third kappa shape index (κ3) is 5.91. The summed E-state index contributed by atoms with van der Waals surface area (Å²) in [5.74, 6) is -1.43. The maximum atomic E-state index is 13.0. The number of halogens is 1. The van der Waals surface area contributed by atoms with E-state index >= 15 is 0 Å². The van der Waals surface area contributed by atoms with E-state index in [1.807, 2.05) is 25.1 Å². The van der Waals surface area contributed by atoms with Crippen molar-refractivity contribution in [3.05, 3.63) is 88.9 Å². The van der Waals surface area contributed by atoms with Gasteiger partial charge in [-0.1, -0.05) is 48.9 Å². The molecule has 0 aliphatic heterocycles. The van der Waals surface area contributed by atoms with Crippen LogP contribution >= 0.6 is 11.6 Å². The summed E-state index contributed by atoms with van der Waals surface area (Å²) >= 11 is 6.11. The summed E-state index contributed by atoms with van der Waals surface area (Å²) in [5.41, 5.74) is 1.95. The van der Waals surface area contributed by atoms with E-state index in [0.29, 0.717) is 11.4 Å². The number of para-hydroxylation sites is 1. The van der Waals surface area contributed by atoms with Crippen molar-refractivity contribution in [3.8, 4) is 0 Å². The Hall–Kier alpha value is -3.36. The lowest BCUT2D eigenvalue weighted by molar-refractivity contribution is -0.119. The van der Waals surface area contributed by atoms with Crippen LogP contribution < -0.4 is 9.62 Å². The molecule has 7 nitrogen and oxygen atoms in total. The molecule has 3 rings (SSSR count). The topological polar surface area (TPSA) is 92.8 Å². The molecule has 3 aromatic rings. The maximum absolute atomic E-state index is 13.0. The Bertz CT molecular complexity index is 1260. The van der Waals surface area contributed by atoms with Crippen molar-refractivity contribution in [1.82, 2.24) is 0 Å². The van der Waals surface area contributed by atoms with E-state index in [1.165, 1.54) is 19.2 Å². The number of aryl methyl sites for hydroxylation is 1. The van der Waals surface area contributed by atoms with E-state index in [0.717, 1.165) is 22.4 Å². The first-order valence-corrected chi connectivity index (χ1v) is 11.9. The van der Waals surface area contributed by atoms with Crippen LogP contribution in [0.4, 0.5) is 11.4 Å². The van der Waals surface area contributed by atoms with E-state index in [2.05, 4.69) is 5.32 Å². The second-order valence-electron chi connectivity index (χ2n) is 7.13. The van der Waals surface area contributed by atoms with Gasteiger partial charge in [-0.25, -0.2) is 13.2 Å². The van der Waals surface area contributed by atoms with Gasteiger partial charge < -0.3 is 10.1 Å². The van der Waals surface area contributed by atoms with Gasteiger partial charge in [0.1, 0.15) is 0 Å². The van der Waals surface area contributed by atoms with E-state index < -0.39 is 28.5 Å². The predicted molar refractivity (Wildman–Crippen MR) is 128 cm³/mol. The summed E-state index contributed by atoms with van der Waals surface area (Å²) in [6.07, 6.45) is 0.815. The molecule has 0 saturated carbocycles. The lowest BCUT2D eigenvalue weighted by Gasteiger charge is -2.20. The zero-order valence-electron chi connectivity index (χ0n) is 18.1. The summed E-state index contributed by atoms with van der Waals surface area (Å²) in [4.78, 5) is 24.6. The van der Waals surface area contributed by atoms with E-state index in [1.54, 1.807) is 36.4 Å². The first-order chi connectivity index (χ1) is 15.7. The van der Waals surface area contributed by atoms with Crippen LogP contribution in [0.2, 0.25) is 5.02 Å². The number of nitrogens with zero attached hydrogens (tertiary/aromatic N) is 1. The predicted octanol–water partition coefficient (Wildman–Crippen LogP) is 4.52. The minimum Gasteiger partial charge on any atom is -0.452 e. The summed E-state index contributed by atoms with van der Waals surface area (Å²) in [6, 6.07) is 19.6. The number of ether oxygens (including phenoxy) is 1. The number of anilines is 2. The van der Waals surface area contributed by atoms with Crippen LogP contribution in [0.15, 0.2) is 77.7 Å². The van der Waals surface area contributed by atoms with E-state index in [9.17, 15) is 18.0 Å². The molecule has 33 heavy (non-hydrogen) atoms. The molecule has 9 heteroatoms. The fraction of sp³-hybridized carbons (Fsp3) is 0.167. The molecule has 172 valence electrons. The summed E-state index contributed by atoms with van der Waals surface area (Å²) in [5, 5.41) is 2.67. The Labute approximate surface area is 198 Å². The number of hydrogen-bond donors (Lipinski definition) is 1. The zero-order chi connectivity index (χ0) is 24.0. The number of nitrogens with one attached hydrogen (secondary N) is 1. The van der Waals surface area contributed by atoms with Crippen molar-refractivity contribution in [3.63, 3.8) is 0 Å². The zero-order valence-corrected chi connectivity index (χ0v) is 19.7. The van der Waals surface area contributed by atoms with Gasteiger partial charge in [-0.15, -0.1) is 0 Å². The summed E-state index contributed by atoms with van der Waals surface area (Å²) in [7, 11) is -2.54. The van der Waals surface area contributed by atoms with Crippen molar-refractivity contribution in [2.75, 3.05) is 23.3 Å². The van der Waals surface area contributed by atoms with Gasteiger partial charge in [0, 0.05) is 12.7 Å². The van der Waals surface area contributed by atoms with Crippen molar-refractivity contribution in [2.24, 2.45) is 0 Å². The Morgan fingerprint density at radius 1 is 1.00 bits per heavy atom. The van der Waals surface area contributed by atoms with Crippen molar-refractivity contribution in [1.29, 1.82) is 0 Å². The maximum Gasteiger partial charge on any atom is 0.340 e. The van der Waals surface area contributed by atoms with Crippen molar-refractivity contribution in [2.45, 2.75) is 18.2 Å². The van der Waals surface area contributed by atoms with Gasteiger partial charge >= 0.3 is 5.97 Å². The molecule has 1 amide bonds. The van der Waals surface area contributed by atoms with Gasteiger partial charge in [0.25, 0.3) is 15.9 Å². The number of amides is 1. The van der Waals surface area contributed by atoms with Crippen LogP contribution in [0.25, 0.3) is 0 Å². The molecule has 0 radical (unpaired) electrons. The molecule has 0 aliphatic carbocycles. The highest BCUT2D eigenvalue weighted by atomic mass is 35.5. The number of esters is 1. The first kappa shape index (κ1) is 24.3. The number of carbonyl (C=O) groups excluding carboxylic acids is 2. The minimum atomic E-state index is -3.96. The van der Waals surface area contributed by atoms with Crippen LogP contribution in [0.5, 0.6) is 0 Å². The quantitative estimate of drug-likeness (QED) is 0.472. The molecule has 0 bridgehead atoms. The Morgan fingerprint density at radius 3 is 2.42 bits per heavy atom. The third-order valence-corrected chi connectivity index (χ3v) is 7.00. The van der Waals surface area contributed by atoms with Crippen LogP contribution in [0.1, 0.15) is 22.8 Å². The lowest BCUT2D eigenvalue weighted by atomic mass is 10.1. The van der Waals surface area contributed by atoms with Crippen LogP contribution in [0.3, 0.4) is 0 Å². The van der Waals surface area contributed by atoms with Gasteiger partial charge in [-0.3, -0.25) is 9.10 Å². The minimum absolute atomic E-state index is 0.0115. The van der Waals surface area contributed by atoms with Crippen LogP contribution in [0, 0.1) is 0 Å². The molecule has 0 unspecified atom stereocenters. The number of benzene rings is 3. The second kappa shape index (κ2) is 10.5. The molecule has 0 atom stereocenters. The standard InChI is InChI=1S/C24H23ClN2O5S/c1-3-17-8-7-9-18(14-17)26-23(28)16-32-24(29)21-15-20(12-13-22(21)25)33(30,31)27(2)19-10-5-4-6-11-19/h4-15H,3,16H2,1-2H3,(H,26,28). The average molecular weight is 487 g/mol. The number of carbonyl (C=O) groups is 2.